The normalized spacial score (nSPS) is 16.6. The number of anilines is 1. The molecule has 0 heterocycles. The summed E-state index contributed by atoms with van der Waals surface area (Å²) in [5.41, 5.74) is -0.731. The van der Waals surface area contributed by atoms with Gasteiger partial charge in [0.25, 0.3) is 0 Å². The summed E-state index contributed by atoms with van der Waals surface area (Å²) in [6.45, 7) is 0. The molecule has 0 spiro atoms. The zero-order valence-electron chi connectivity index (χ0n) is 11.8. The molecule has 1 aromatic rings. The van der Waals surface area contributed by atoms with E-state index in [9.17, 15) is 18.0 Å². The minimum atomic E-state index is -4.45. The van der Waals surface area contributed by atoms with Gasteiger partial charge in [-0.15, -0.1) is 0 Å². The molecule has 1 fully saturated rings. The number of rotatable bonds is 3. The minimum absolute atomic E-state index is 0.0721. The second kappa shape index (κ2) is 6.37. The van der Waals surface area contributed by atoms with E-state index in [0.717, 1.165) is 44.2 Å². The van der Waals surface area contributed by atoms with Crippen LogP contribution in [0.2, 0.25) is 0 Å². The molecule has 1 aromatic carbocycles. The van der Waals surface area contributed by atoms with Crippen molar-refractivity contribution in [3.63, 3.8) is 0 Å². The lowest BCUT2D eigenvalue weighted by molar-refractivity contribution is -0.137. The smallest absolute Gasteiger partial charge is 0.416 e. The number of benzene rings is 1. The Balaban J connectivity index is 2.18. The van der Waals surface area contributed by atoms with Gasteiger partial charge in [0.2, 0.25) is 5.91 Å². The van der Waals surface area contributed by atoms with Crippen LogP contribution in [0.5, 0.6) is 5.75 Å². The quantitative estimate of drug-likeness (QED) is 0.907. The maximum atomic E-state index is 12.7. The van der Waals surface area contributed by atoms with Crippen LogP contribution in [-0.2, 0) is 11.0 Å². The van der Waals surface area contributed by atoms with E-state index < -0.39 is 11.7 Å². The number of amides is 1. The molecule has 0 bridgehead atoms. The highest BCUT2D eigenvalue weighted by atomic mass is 19.4. The lowest BCUT2D eigenvalue weighted by Gasteiger charge is -2.21. The van der Waals surface area contributed by atoms with Crippen LogP contribution in [0.15, 0.2) is 18.2 Å². The molecule has 1 N–H and O–H groups in total. The molecule has 0 radical (unpaired) electrons. The third kappa shape index (κ3) is 3.89. The van der Waals surface area contributed by atoms with Crippen LogP contribution in [0.4, 0.5) is 18.9 Å². The molecule has 2 rings (SSSR count). The Bertz CT molecular complexity index is 508. The second-order valence-corrected chi connectivity index (χ2v) is 5.24. The average Bonchev–Trinajstić information content (AvgIpc) is 2.47. The fraction of sp³-hybridized carbons (Fsp3) is 0.533. The number of nitrogens with one attached hydrogen (secondary N) is 1. The summed E-state index contributed by atoms with van der Waals surface area (Å²) in [6.07, 6.45) is 0.198. The van der Waals surface area contributed by atoms with E-state index in [1.54, 1.807) is 0 Å². The fourth-order valence-corrected chi connectivity index (χ4v) is 2.58. The summed E-state index contributed by atoms with van der Waals surface area (Å²) in [4.78, 5) is 12.1. The van der Waals surface area contributed by atoms with Crippen molar-refractivity contribution in [1.29, 1.82) is 0 Å². The van der Waals surface area contributed by atoms with Crippen molar-refractivity contribution >= 4 is 11.6 Å². The van der Waals surface area contributed by atoms with Crippen molar-refractivity contribution in [3.8, 4) is 5.75 Å². The molecule has 116 valence electrons. The van der Waals surface area contributed by atoms with E-state index in [0.29, 0.717) is 0 Å². The number of ether oxygens (including phenoxy) is 1. The standard InChI is InChI=1S/C15H18F3NO2/c1-21-13-8-7-11(15(16,17)18)9-12(13)19-14(20)10-5-3-2-4-6-10/h7-10H,2-6H2,1H3,(H,19,20). The van der Waals surface area contributed by atoms with Crippen LogP contribution in [0.1, 0.15) is 37.7 Å². The molecule has 0 saturated heterocycles. The highest BCUT2D eigenvalue weighted by molar-refractivity contribution is 5.94. The van der Waals surface area contributed by atoms with Crippen LogP contribution in [-0.4, -0.2) is 13.0 Å². The highest BCUT2D eigenvalue weighted by Crippen LogP contribution is 2.35. The first-order valence-electron chi connectivity index (χ1n) is 6.98. The van der Waals surface area contributed by atoms with Crippen molar-refractivity contribution in [2.45, 2.75) is 38.3 Å². The summed E-state index contributed by atoms with van der Waals surface area (Å²) in [5, 5.41) is 2.58. The van der Waals surface area contributed by atoms with Gasteiger partial charge in [-0.3, -0.25) is 4.79 Å². The third-order valence-corrected chi connectivity index (χ3v) is 3.76. The molecular weight excluding hydrogens is 283 g/mol. The van der Waals surface area contributed by atoms with E-state index in [4.69, 9.17) is 4.74 Å². The zero-order valence-corrected chi connectivity index (χ0v) is 11.8. The van der Waals surface area contributed by atoms with E-state index >= 15 is 0 Å². The van der Waals surface area contributed by atoms with Crippen molar-refractivity contribution in [1.82, 2.24) is 0 Å². The highest BCUT2D eigenvalue weighted by Gasteiger charge is 2.31. The summed E-state index contributed by atoms with van der Waals surface area (Å²) in [5.74, 6) is -0.127. The number of hydrogen-bond donors (Lipinski definition) is 1. The SMILES string of the molecule is COc1ccc(C(F)(F)F)cc1NC(=O)C1CCCCC1. The second-order valence-electron chi connectivity index (χ2n) is 5.24. The Kier molecular flexibility index (Phi) is 4.75. The van der Waals surface area contributed by atoms with Gasteiger partial charge in [0.15, 0.2) is 0 Å². The van der Waals surface area contributed by atoms with E-state index in [1.165, 1.54) is 13.2 Å². The van der Waals surface area contributed by atoms with Gasteiger partial charge in [-0.1, -0.05) is 19.3 Å². The molecule has 1 aliphatic carbocycles. The lowest BCUT2D eigenvalue weighted by Crippen LogP contribution is -2.25. The number of alkyl halides is 3. The summed E-state index contributed by atoms with van der Waals surface area (Å²) in [7, 11) is 1.36. The zero-order chi connectivity index (χ0) is 15.5. The Labute approximate surface area is 121 Å². The van der Waals surface area contributed by atoms with Gasteiger partial charge in [-0.05, 0) is 31.0 Å². The minimum Gasteiger partial charge on any atom is -0.495 e. The fourth-order valence-electron chi connectivity index (χ4n) is 2.58. The molecule has 21 heavy (non-hydrogen) atoms. The first-order chi connectivity index (χ1) is 9.91. The maximum absolute atomic E-state index is 12.7. The number of carbonyl (C=O) groups excluding carboxylic acids is 1. The molecule has 0 unspecified atom stereocenters. The Morgan fingerprint density at radius 1 is 1.24 bits per heavy atom. The number of carbonyl (C=O) groups is 1. The monoisotopic (exact) mass is 301 g/mol. The molecule has 1 amide bonds. The van der Waals surface area contributed by atoms with Crippen LogP contribution < -0.4 is 10.1 Å². The van der Waals surface area contributed by atoms with E-state index in [2.05, 4.69) is 5.32 Å². The Morgan fingerprint density at radius 3 is 2.48 bits per heavy atom. The number of halogens is 3. The van der Waals surface area contributed by atoms with Gasteiger partial charge in [0.1, 0.15) is 5.75 Å². The average molecular weight is 301 g/mol. The van der Waals surface area contributed by atoms with Gasteiger partial charge >= 0.3 is 6.18 Å². The van der Waals surface area contributed by atoms with Crippen LogP contribution in [0.25, 0.3) is 0 Å². The molecule has 0 atom stereocenters. The largest absolute Gasteiger partial charge is 0.495 e. The summed E-state index contributed by atoms with van der Waals surface area (Å²) >= 11 is 0. The van der Waals surface area contributed by atoms with Crippen LogP contribution in [0.3, 0.4) is 0 Å². The first kappa shape index (κ1) is 15.7. The topological polar surface area (TPSA) is 38.3 Å². The predicted octanol–water partition coefficient (Wildman–Crippen LogP) is 4.23. The maximum Gasteiger partial charge on any atom is 0.416 e. The van der Waals surface area contributed by atoms with Gasteiger partial charge in [-0.2, -0.15) is 13.2 Å². The molecule has 1 aliphatic rings. The summed E-state index contributed by atoms with van der Waals surface area (Å²) < 4.78 is 43.2. The Morgan fingerprint density at radius 2 is 1.90 bits per heavy atom. The summed E-state index contributed by atoms with van der Waals surface area (Å²) in [6, 6.07) is 3.08. The van der Waals surface area contributed by atoms with Crippen molar-refractivity contribution in [2.24, 2.45) is 5.92 Å². The van der Waals surface area contributed by atoms with Gasteiger partial charge in [-0.25, -0.2) is 0 Å². The molecule has 0 aromatic heterocycles. The number of hydrogen-bond acceptors (Lipinski definition) is 2. The van der Waals surface area contributed by atoms with E-state index in [1.807, 2.05) is 0 Å². The molecular formula is C15H18F3NO2. The number of methoxy groups -OCH3 is 1. The van der Waals surface area contributed by atoms with Gasteiger partial charge in [0, 0.05) is 5.92 Å². The van der Waals surface area contributed by atoms with Crippen molar-refractivity contribution < 1.29 is 22.7 Å². The van der Waals surface area contributed by atoms with Crippen molar-refractivity contribution in [2.75, 3.05) is 12.4 Å². The van der Waals surface area contributed by atoms with Gasteiger partial charge < -0.3 is 10.1 Å². The van der Waals surface area contributed by atoms with Gasteiger partial charge in [0.05, 0.1) is 18.4 Å². The van der Waals surface area contributed by atoms with Crippen molar-refractivity contribution in [3.05, 3.63) is 23.8 Å². The molecule has 0 aliphatic heterocycles. The van der Waals surface area contributed by atoms with E-state index in [-0.39, 0.29) is 23.3 Å². The predicted molar refractivity (Wildman–Crippen MR) is 73.2 cm³/mol. The molecule has 3 nitrogen and oxygen atoms in total. The Hall–Kier alpha value is -1.72. The van der Waals surface area contributed by atoms with Crippen LogP contribution >= 0.6 is 0 Å². The lowest BCUT2D eigenvalue weighted by atomic mass is 9.88. The third-order valence-electron chi connectivity index (χ3n) is 3.76. The molecule has 1 saturated carbocycles. The molecule has 6 heteroatoms. The van der Waals surface area contributed by atoms with Crippen LogP contribution in [0, 0.1) is 5.92 Å². The first-order valence-corrected chi connectivity index (χ1v) is 6.98.